The van der Waals surface area contributed by atoms with Gasteiger partial charge in [-0.3, -0.25) is 9.59 Å². The van der Waals surface area contributed by atoms with Gasteiger partial charge < -0.3 is 15.4 Å². The lowest BCUT2D eigenvalue weighted by Crippen LogP contribution is -2.48. The first-order chi connectivity index (χ1) is 7.54. The van der Waals surface area contributed by atoms with Gasteiger partial charge in [-0.1, -0.05) is 0 Å². The molecule has 2 N–H and O–H groups in total. The molecule has 0 radical (unpaired) electrons. The van der Waals surface area contributed by atoms with Crippen LogP contribution >= 0.6 is 0 Å². The average Bonchev–Trinajstić information content (AvgIpc) is 2.65. The lowest BCUT2D eigenvalue weighted by atomic mass is 10.2. The molecule has 1 saturated heterocycles. The molecule has 2 amide bonds. The highest BCUT2D eigenvalue weighted by Gasteiger charge is 2.29. The van der Waals surface area contributed by atoms with Crippen LogP contribution in [-0.4, -0.2) is 36.5 Å². The second-order valence-electron chi connectivity index (χ2n) is 3.64. The summed E-state index contributed by atoms with van der Waals surface area (Å²) in [6.07, 6.45) is 0.825. The molecule has 0 bridgehead atoms. The van der Waals surface area contributed by atoms with Crippen LogP contribution in [0.3, 0.4) is 0 Å². The number of hydrogen-bond acceptors (Lipinski definition) is 4. The van der Waals surface area contributed by atoms with Crippen molar-refractivity contribution in [3.63, 3.8) is 0 Å². The molecule has 0 aromatic heterocycles. The van der Waals surface area contributed by atoms with Gasteiger partial charge in [0.25, 0.3) is 0 Å². The molecule has 0 unspecified atom stereocenters. The quantitative estimate of drug-likeness (QED) is 0.625. The highest BCUT2D eigenvalue weighted by molar-refractivity contribution is 5.92. The van der Waals surface area contributed by atoms with E-state index in [4.69, 9.17) is 4.74 Å². The third-order valence-electron chi connectivity index (χ3n) is 2.31. The van der Waals surface area contributed by atoms with Crippen molar-refractivity contribution in [1.29, 1.82) is 0 Å². The van der Waals surface area contributed by atoms with E-state index in [9.17, 15) is 14.4 Å². The van der Waals surface area contributed by atoms with Crippen LogP contribution in [0.5, 0.6) is 0 Å². The summed E-state index contributed by atoms with van der Waals surface area (Å²) in [7, 11) is 0. The highest BCUT2D eigenvalue weighted by Crippen LogP contribution is 2.06. The van der Waals surface area contributed by atoms with Crippen molar-refractivity contribution in [1.82, 2.24) is 10.6 Å². The number of hydrogen-bond donors (Lipinski definition) is 2. The molecular weight excluding hydrogens is 212 g/mol. The van der Waals surface area contributed by atoms with Crippen molar-refractivity contribution in [2.24, 2.45) is 0 Å². The third-order valence-corrected chi connectivity index (χ3v) is 2.31. The Morgan fingerprint density at radius 3 is 2.81 bits per heavy atom. The van der Waals surface area contributed by atoms with Crippen LogP contribution < -0.4 is 10.6 Å². The van der Waals surface area contributed by atoms with Gasteiger partial charge in [-0.05, 0) is 20.3 Å². The second-order valence-corrected chi connectivity index (χ2v) is 3.64. The van der Waals surface area contributed by atoms with Crippen LogP contribution in [-0.2, 0) is 19.1 Å². The molecule has 1 fully saturated rings. The summed E-state index contributed by atoms with van der Waals surface area (Å²) in [6.45, 7) is 3.52. The molecule has 2 atom stereocenters. The molecule has 1 heterocycles. The van der Waals surface area contributed by atoms with Crippen molar-refractivity contribution in [2.75, 3.05) is 6.61 Å². The molecule has 0 aromatic rings. The third kappa shape index (κ3) is 3.22. The predicted molar refractivity (Wildman–Crippen MR) is 55.4 cm³/mol. The molecule has 0 saturated carbocycles. The van der Waals surface area contributed by atoms with Gasteiger partial charge >= 0.3 is 5.97 Å². The Morgan fingerprint density at radius 1 is 1.62 bits per heavy atom. The smallest absolute Gasteiger partial charge is 0.328 e. The summed E-state index contributed by atoms with van der Waals surface area (Å²) in [5.74, 6) is -0.949. The van der Waals surface area contributed by atoms with Gasteiger partial charge in [0.1, 0.15) is 12.1 Å². The molecule has 0 spiro atoms. The molecule has 1 aliphatic heterocycles. The van der Waals surface area contributed by atoms with Gasteiger partial charge in [-0.2, -0.15) is 0 Å². The van der Waals surface area contributed by atoms with Gasteiger partial charge in [-0.25, -0.2) is 4.79 Å². The zero-order chi connectivity index (χ0) is 12.1. The van der Waals surface area contributed by atoms with Crippen LogP contribution in [0, 0.1) is 0 Å². The van der Waals surface area contributed by atoms with Crippen LogP contribution in [0.2, 0.25) is 0 Å². The van der Waals surface area contributed by atoms with Crippen LogP contribution in [0.4, 0.5) is 0 Å². The van der Waals surface area contributed by atoms with E-state index in [1.165, 1.54) is 0 Å². The van der Waals surface area contributed by atoms with Crippen LogP contribution in [0.1, 0.15) is 26.7 Å². The zero-order valence-corrected chi connectivity index (χ0v) is 9.41. The van der Waals surface area contributed by atoms with Crippen LogP contribution in [0.15, 0.2) is 0 Å². The first-order valence-electron chi connectivity index (χ1n) is 5.31. The van der Waals surface area contributed by atoms with Gasteiger partial charge in [0.05, 0.1) is 6.61 Å². The van der Waals surface area contributed by atoms with E-state index >= 15 is 0 Å². The number of esters is 1. The molecule has 1 aliphatic rings. The van der Waals surface area contributed by atoms with Crippen molar-refractivity contribution in [2.45, 2.75) is 38.8 Å². The normalized spacial score (nSPS) is 21.1. The first kappa shape index (κ1) is 12.5. The van der Waals surface area contributed by atoms with Gasteiger partial charge in [0, 0.05) is 6.42 Å². The summed E-state index contributed by atoms with van der Waals surface area (Å²) in [5, 5.41) is 5.03. The Hall–Kier alpha value is -1.59. The molecule has 0 aliphatic carbocycles. The minimum absolute atomic E-state index is 0.135. The van der Waals surface area contributed by atoms with E-state index < -0.39 is 18.1 Å². The largest absolute Gasteiger partial charge is 0.464 e. The number of amides is 2. The fourth-order valence-electron chi connectivity index (χ4n) is 1.45. The Bertz CT molecular complexity index is 303. The van der Waals surface area contributed by atoms with Gasteiger partial charge in [-0.15, -0.1) is 0 Å². The van der Waals surface area contributed by atoms with E-state index in [0.29, 0.717) is 12.8 Å². The minimum atomic E-state index is -0.690. The number of carbonyl (C=O) groups is 3. The molecular formula is C10H16N2O4. The predicted octanol–water partition coefficient (Wildman–Crippen LogP) is -0.667. The Morgan fingerprint density at radius 2 is 2.31 bits per heavy atom. The number of rotatable bonds is 4. The average molecular weight is 228 g/mol. The first-order valence-corrected chi connectivity index (χ1v) is 5.31. The van der Waals surface area contributed by atoms with E-state index in [0.717, 1.165) is 0 Å². The molecule has 0 aromatic carbocycles. The Balaban J connectivity index is 2.39. The fourth-order valence-corrected chi connectivity index (χ4v) is 1.45. The maximum absolute atomic E-state index is 11.6. The van der Waals surface area contributed by atoms with Crippen LogP contribution in [0.25, 0.3) is 0 Å². The van der Waals surface area contributed by atoms with E-state index in [-0.39, 0.29) is 18.4 Å². The Kier molecular flexibility index (Phi) is 4.28. The van der Waals surface area contributed by atoms with E-state index in [2.05, 4.69) is 10.6 Å². The maximum Gasteiger partial charge on any atom is 0.328 e. The maximum atomic E-state index is 11.6. The molecule has 1 rings (SSSR count). The van der Waals surface area contributed by atoms with Crippen molar-refractivity contribution < 1.29 is 19.1 Å². The van der Waals surface area contributed by atoms with Crippen molar-refractivity contribution in [3.05, 3.63) is 0 Å². The van der Waals surface area contributed by atoms with Gasteiger partial charge in [0.2, 0.25) is 11.8 Å². The molecule has 16 heavy (non-hydrogen) atoms. The second kappa shape index (κ2) is 5.48. The van der Waals surface area contributed by atoms with Crippen molar-refractivity contribution in [3.8, 4) is 0 Å². The summed E-state index contributed by atoms with van der Waals surface area (Å²) < 4.78 is 4.75. The molecule has 6 heteroatoms. The standard InChI is InChI=1S/C10H16N2O4/c1-3-16-10(15)6(2)11-9(14)7-4-5-8(13)12-7/h6-7H,3-5H2,1-2H3,(H,11,14)(H,12,13)/t6-,7-/m0/s1. The number of ether oxygens (including phenoxy) is 1. The van der Waals surface area contributed by atoms with Gasteiger partial charge in [0.15, 0.2) is 0 Å². The monoisotopic (exact) mass is 228 g/mol. The summed E-state index contributed by atoms with van der Waals surface area (Å²) >= 11 is 0. The minimum Gasteiger partial charge on any atom is -0.464 e. The Labute approximate surface area is 93.7 Å². The van der Waals surface area contributed by atoms with Crippen molar-refractivity contribution >= 4 is 17.8 Å². The fraction of sp³-hybridized carbons (Fsp3) is 0.700. The number of carbonyl (C=O) groups excluding carboxylic acids is 3. The lowest BCUT2D eigenvalue weighted by Gasteiger charge is -2.15. The highest BCUT2D eigenvalue weighted by atomic mass is 16.5. The van der Waals surface area contributed by atoms with E-state index in [1.807, 2.05) is 0 Å². The number of nitrogens with one attached hydrogen (secondary N) is 2. The SMILES string of the molecule is CCOC(=O)[C@H](C)NC(=O)[C@@H]1CCC(=O)N1. The summed E-state index contributed by atoms with van der Waals surface area (Å²) in [6, 6.07) is -1.21. The van der Waals surface area contributed by atoms with E-state index in [1.54, 1.807) is 13.8 Å². The summed E-state index contributed by atoms with van der Waals surface area (Å²) in [5.41, 5.74) is 0. The lowest BCUT2D eigenvalue weighted by molar-refractivity contribution is -0.147. The topological polar surface area (TPSA) is 84.5 Å². The zero-order valence-electron chi connectivity index (χ0n) is 9.41. The summed E-state index contributed by atoms with van der Waals surface area (Å²) in [4.78, 5) is 33.7. The molecule has 90 valence electrons. The molecule has 6 nitrogen and oxygen atoms in total.